The Balaban J connectivity index is 1.99. The van der Waals surface area contributed by atoms with Crippen LogP contribution in [-0.2, 0) is 0 Å². The average Bonchev–Trinajstić information content (AvgIpc) is 2.41. The zero-order valence-corrected chi connectivity index (χ0v) is 10.2. The minimum atomic E-state index is 0.270. The van der Waals surface area contributed by atoms with Crippen molar-refractivity contribution in [1.29, 1.82) is 0 Å². The van der Waals surface area contributed by atoms with Crippen molar-refractivity contribution in [2.24, 2.45) is 0 Å². The summed E-state index contributed by atoms with van der Waals surface area (Å²) >= 11 is 0. The summed E-state index contributed by atoms with van der Waals surface area (Å²) in [5.74, 6) is 1.48. The van der Waals surface area contributed by atoms with E-state index in [1.165, 1.54) is 12.4 Å². The van der Waals surface area contributed by atoms with E-state index in [2.05, 4.69) is 16.9 Å². The van der Waals surface area contributed by atoms with Gasteiger partial charge in [-0.25, -0.2) is 9.97 Å². The smallest absolute Gasteiger partial charge is 0.322 e. The fraction of sp³-hybridized carbons (Fsp3) is 0.231. The molecule has 2 N–H and O–H groups in total. The van der Waals surface area contributed by atoms with E-state index in [0.29, 0.717) is 18.0 Å². The van der Waals surface area contributed by atoms with Crippen LogP contribution in [0.5, 0.6) is 17.5 Å². The Hall–Kier alpha value is -2.30. The summed E-state index contributed by atoms with van der Waals surface area (Å²) in [6.07, 6.45) is 3.99. The number of rotatable bonds is 5. The Labute approximate surface area is 106 Å². The topological polar surface area (TPSA) is 70.3 Å². The number of nitrogen functional groups attached to an aromatic ring is 1. The van der Waals surface area contributed by atoms with E-state index in [1.54, 1.807) is 0 Å². The molecule has 0 unspecified atom stereocenters. The SMILES string of the molecule is CCCOc1ccc(Oc2ncc(N)cn2)cc1. The molecule has 0 fully saturated rings. The van der Waals surface area contributed by atoms with Gasteiger partial charge in [-0.3, -0.25) is 0 Å². The molecule has 0 spiro atoms. The van der Waals surface area contributed by atoms with Gasteiger partial charge in [0.05, 0.1) is 24.7 Å². The van der Waals surface area contributed by atoms with Crippen LogP contribution in [0.15, 0.2) is 36.7 Å². The summed E-state index contributed by atoms with van der Waals surface area (Å²) in [6.45, 7) is 2.78. The summed E-state index contributed by atoms with van der Waals surface area (Å²) < 4.78 is 10.9. The van der Waals surface area contributed by atoms with Crippen LogP contribution in [0.1, 0.15) is 13.3 Å². The number of anilines is 1. The quantitative estimate of drug-likeness (QED) is 0.876. The molecule has 0 saturated heterocycles. The Bertz CT molecular complexity index is 483. The van der Waals surface area contributed by atoms with Crippen LogP contribution in [0.2, 0.25) is 0 Å². The monoisotopic (exact) mass is 245 g/mol. The van der Waals surface area contributed by atoms with Crippen LogP contribution in [0.3, 0.4) is 0 Å². The maximum atomic E-state index is 5.49. The molecular weight excluding hydrogens is 230 g/mol. The second kappa shape index (κ2) is 5.86. The summed E-state index contributed by atoms with van der Waals surface area (Å²) in [5, 5.41) is 0. The minimum absolute atomic E-state index is 0.270. The van der Waals surface area contributed by atoms with Gasteiger partial charge in [0, 0.05) is 0 Å². The van der Waals surface area contributed by atoms with E-state index in [-0.39, 0.29) is 6.01 Å². The first-order chi connectivity index (χ1) is 8.78. The standard InChI is InChI=1S/C13H15N3O2/c1-2-7-17-11-3-5-12(6-4-11)18-13-15-8-10(14)9-16-13/h3-6,8-9H,2,7,14H2,1H3. The highest BCUT2D eigenvalue weighted by molar-refractivity contribution is 5.34. The molecule has 5 heteroatoms. The van der Waals surface area contributed by atoms with Gasteiger partial charge in [0.1, 0.15) is 11.5 Å². The third-order valence-electron chi connectivity index (χ3n) is 2.15. The van der Waals surface area contributed by atoms with Crippen molar-refractivity contribution >= 4 is 5.69 Å². The van der Waals surface area contributed by atoms with E-state index >= 15 is 0 Å². The molecule has 0 aliphatic heterocycles. The van der Waals surface area contributed by atoms with Gasteiger partial charge >= 0.3 is 6.01 Å². The summed E-state index contributed by atoms with van der Waals surface area (Å²) in [4.78, 5) is 7.91. The summed E-state index contributed by atoms with van der Waals surface area (Å²) in [6, 6.07) is 7.59. The molecule has 5 nitrogen and oxygen atoms in total. The highest BCUT2D eigenvalue weighted by Gasteiger charge is 2.00. The van der Waals surface area contributed by atoms with Crippen molar-refractivity contribution in [3.05, 3.63) is 36.7 Å². The molecule has 0 radical (unpaired) electrons. The molecule has 1 aromatic heterocycles. The molecule has 0 saturated carbocycles. The Morgan fingerprint density at radius 1 is 1.06 bits per heavy atom. The Morgan fingerprint density at radius 3 is 2.28 bits per heavy atom. The molecule has 2 rings (SSSR count). The molecule has 1 heterocycles. The number of nitrogens with zero attached hydrogens (tertiary/aromatic N) is 2. The molecule has 0 aliphatic carbocycles. The van der Waals surface area contributed by atoms with Gasteiger partial charge in [0.25, 0.3) is 0 Å². The van der Waals surface area contributed by atoms with Gasteiger partial charge in [-0.1, -0.05) is 6.92 Å². The van der Waals surface area contributed by atoms with E-state index in [0.717, 1.165) is 12.2 Å². The molecule has 0 aliphatic rings. The molecule has 0 amide bonds. The van der Waals surface area contributed by atoms with Crippen molar-refractivity contribution in [2.75, 3.05) is 12.3 Å². The average molecular weight is 245 g/mol. The lowest BCUT2D eigenvalue weighted by Gasteiger charge is -2.06. The first-order valence-corrected chi connectivity index (χ1v) is 5.76. The first-order valence-electron chi connectivity index (χ1n) is 5.76. The fourth-order valence-corrected chi connectivity index (χ4v) is 1.31. The number of hydrogen-bond donors (Lipinski definition) is 1. The zero-order chi connectivity index (χ0) is 12.8. The fourth-order valence-electron chi connectivity index (χ4n) is 1.31. The van der Waals surface area contributed by atoms with Crippen LogP contribution in [0.25, 0.3) is 0 Å². The van der Waals surface area contributed by atoms with Gasteiger partial charge in [0.15, 0.2) is 0 Å². The number of nitrogens with two attached hydrogens (primary N) is 1. The van der Waals surface area contributed by atoms with Crippen LogP contribution >= 0.6 is 0 Å². The van der Waals surface area contributed by atoms with Crippen molar-refractivity contribution in [2.45, 2.75) is 13.3 Å². The normalized spacial score (nSPS) is 10.1. The van der Waals surface area contributed by atoms with Crippen molar-refractivity contribution in [3.63, 3.8) is 0 Å². The maximum Gasteiger partial charge on any atom is 0.322 e. The number of benzene rings is 1. The maximum absolute atomic E-state index is 5.49. The highest BCUT2D eigenvalue weighted by atomic mass is 16.5. The number of ether oxygens (including phenoxy) is 2. The molecule has 2 aromatic rings. The van der Waals surface area contributed by atoms with Gasteiger partial charge in [-0.15, -0.1) is 0 Å². The lowest BCUT2D eigenvalue weighted by atomic mass is 10.3. The molecule has 18 heavy (non-hydrogen) atoms. The molecule has 1 aromatic carbocycles. The predicted octanol–water partition coefficient (Wildman–Crippen LogP) is 2.64. The van der Waals surface area contributed by atoms with Crippen LogP contribution in [0.4, 0.5) is 5.69 Å². The van der Waals surface area contributed by atoms with E-state index in [1.807, 2.05) is 24.3 Å². The third-order valence-corrected chi connectivity index (χ3v) is 2.15. The third kappa shape index (κ3) is 3.35. The van der Waals surface area contributed by atoms with E-state index in [4.69, 9.17) is 15.2 Å². The van der Waals surface area contributed by atoms with Crippen molar-refractivity contribution < 1.29 is 9.47 Å². The van der Waals surface area contributed by atoms with Gasteiger partial charge < -0.3 is 15.2 Å². The predicted molar refractivity (Wildman–Crippen MR) is 68.7 cm³/mol. The lowest BCUT2D eigenvalue weighted by Crippen LogP contribution is -1.95. The molecule has 0 bridgehead atoms. The van der Waals surface area contributed by atoms with E-state index < -0.39 is 0 Å². The molecular formula is C13H15N3O2. The minimum Gasteiger partial charge on any atom is -0.494 e. The van der Waals surface area contributed by atoms with Crippen molar-refractivity contribution in [1.82, 2.24) is 9.97 Å². The van der Waals surface area contributed by atoms with Crippen LogP contribution in [-0.4, -0.2) is 16.6 Å². The second-order valence-electron chi connectivity index (χ2n) is 3.72. The summed E-state index contributed by atoms with van der Waals surface area (Å²) in [5.41, 5.74) is 5.99. The Kier molecular flexibility index (Phi) is 3.96. The highest BCUT2D eigenvalue weighted by Crippen LogP contribution is 2.21. The van der Waals surface area contributed by atoms with Gasteiger partial charge in [0.2, 0.25) is 0 Å². The Morgan fingerprint density at radius 2 is 1.67 bits per heavy atom. The number of aromatic nitrogens is 2. The summed E-state index contributed by atoms with van der Waals surface area (Å²) in [7, 11) is 0. The van der Waals surface area contributed by atoms with E-state index in [9.17, 15) is 0 Å². The largest absolute Gasteiger partial charge is 0.494 e. The first kappa shape index (κ1) is 12.2. The number of hydrogen-bond acceptors (Lipinski definition) is 5. The molecule has 0 atom stereocenters. The zero-order valence-electron chi connectivity index (χ0n) is 10.2. The van der Waals surface area contributed by atoms with Crippen LogP contribution in [0, 0.1) is 0 Å². The molecule has 94 valence electrons. The lowest BCUT2D eigenvalue weighted by molar-refractivity contribution is 0.317. The van der Waals surface area contributed by atoms with Crippen LogP contribution < -0.4 is 15.2 Å². The van der Waals surface area contributed by atoms with Gasteiger partial charge in [-0.05, 0) is 30.7 Å². The van der Waals surface area contributed by atoms with Crippen molar-refractivity contribution in [3.8, 4) is 17.5 Å². The second-order valence-corrected chi connectivity index (χ2v) is 3.72. The van der Waals surface area contributed by atoms with Gasteiger partial charge in [-0.2, -0.15) is 0 Å².